The van der Waals surface area contributed by atoms with Gasteiger partial charge < -0.3 is 5.32 Å². The fourth-order valence-electron chi connectivity index (χ4n) is 2.28. The molecule has 1 aliphatic heterocycles. The van der Waals surface area contributed by atoms with Crippen molar-refractivity contribution in [3.63, 3.8) is 0 Å². The van der Waals surface area contributed by atoms with Crippen LogP contribution in [-0.4, -0.2) is 36.5 Å². The smallest absolute Gasteiger partial charge is 0.237 e. The van der Waals surface area contributed by atoms with Gasteiger partial charge in [0.15, 0.2) is 0 Å². The average Bonchev–Trinajstić information content (AvgIpc) is 2.73. The van der Waals surface area contributed by atoms with Crippen molar-refractivity contribution in [2.45, 2.75) is 44.7 Å². The van der Waals surface area contributed by atoms with E-state index in [0.29, 0.717) is 6.42 Å². The second-order valence-electron chi connectivity index (χ2n) is 3.93. The molecule has 1 heterocycles. The fraction of sp³-hybridized carbons (Fsp3) is 0.818. The van der Waals surface area contributed by atoms with Crippen LogP contribution in [0.15, 0.2) is 0 Å². The Hall–Kier alpha value is -1.08. The summed E-state index contributed by atoms with van der Waals surface area (Å²) in [6.45, 7) is 3.01. The van der Waals surface area contributed by atoms with Crippen LogP contribution in [0.4, 0.5) is 0 Å². The van der Waals surface area contributed by atoms with Crippen molar-refractivity contribution in [2.24, 2.45) is 0 Å². The SMILES string of the molecule is CCC(CC#N)N1CCCC1C(=O)NC. The van der Waals surface area contributed by atoms with E-state index < -0.39 is 0 Å². The first-order valence-electron chi connectivity index (χ1n) is 5.58. The lowest BCUT2D eigenvalue weighted by Gasteiger charge is -2.29. The molecule has 2 unspecified atom stereocenters. The van der Waals surface area contributed by atoms with Gasteiger partial charge in [0.2, 0.25) is 5.91 Å². The monoisotopic (exact) mass is 209 g/mol. The normalized spacial score (nSPS) is 23.4. The largest absolute Gasteiger partial charge is 0.358 e. The number of hydrogen-bond acceptors (Lipinski definition) is 3. The molecule has 0 saturated carbocycles. The Morgan fingerprint density at radius 3 is 3.00 bits per heavy atom. The topological polar surface area (TPSA) is 56.1 Å². The van der Waals surface area contributed by atoms with E-state index in [1.807, 2.05) is 0 Å². The Labute approximate surface area is 91.2 Å². The molecule has 0 radical (unpaired) electrons. The number of carbonyl (C=O) groups is 1. The zero-order valence-electron chi connectivity index (χ0n) is 9.49. The van der Waals surface area contributed by atoms with Gasteiger partial charge in [0.25, 0.3) is 0 Å². The zero-order valence-corrected chi connectivity index (χ0v) is 9.49. The highest BCUT2D eigenvalue weighted by atomic mass is 16.2. The molecule has 84 valence electrons. The molecule has 0 aromatic heterocycles. The van der Waals surface area contributed by atoms with E-state index in [1.54, 1.807) is 7.05 Å². The van der Waals surface area contributed by atoms with Gasteiger partial charge in [-0.3, -0.25) is 9.69 Å². The van der Waals surface area contributed by atoms with Crippen LogP contribution in [0.5, 0.6) is 0 Å². The lowest BCUT2D eigenvalue weighted by Crippen LogP contribution is -2.46. The molecule has 1 fully saturated rings. The third-order valence-electron chi connectivity index (χ3n) is 3.11. The summed E-state index contributed by atoms with van der Waals surface area (Å²) in [5.41, 5.74) is 0. The van der Waals surface area contributed by atoms with E-state index in [0.717, 1.165) is 25.8 Å². The lowest BCUT2D eigenvalue weighted by atomic mass is 10.1. The van der Waals surface area contributed by atoms with Gasteiger partial charge in [-0.15, -0.1) is 0 Å². The highest BCUT2D eigenvalue weighted by Gasteiger charge is 2.33. The molecule has 1 saturated heterocycles. The summed E-state index contributed by atoms with van der Waals surface area (Å²) >= 11 is 0. The van der Waals surface area contributed by atoms with Crippen LogP contribution < -0.4 is 5.32 Å². The Bertz CT molecular complexity index is 259. The van der Waals surface area contributed by atoms with Gasteiger partial charge in [0.1, 0.15) is 0 Å². The average molecular weight is 209 g/mol. The van der Waals surface area contributed by atoms with Crippen LogP contribution >= 0.6 is 0 Å². The molecular formula is C11H19N3O. The molecule has 4 nitrogen and oxygen atoms in total. The first-order valence-corrected chi connectivity index (χ1v) is 5.58. The molecule has 0 aromatic rings. The molecule has 0 aliphatic carbocycles. The number of rotatable bonds is 4. The number of nitrogens with zero attached hydrogens (tertiary/aromatic N) is 2. The van der Waals surface area contributed by atoms with Gasteiger partial charge in [0.05, 0.1) is 18.5 Å². The van der Waals surface area contributed by atoms with E-state index >= 15 is 0 Å². The number of hydrogen-bond donors (Lipinski definition) is 1. The maximum Gasteiger partial charge on any atom is 0.237 e. The summed E-state index contributed by atoms with van der Waals surface area (Å²) in [5, 5.41) is 11.4. The predicted octanol–water partition coefficient (Wildman–Crippen LogP) is 0.889. The van der Waals surface area contributed by atoms with E-state index in [-0.39, 0.29) is 18.0 Å². The quantitative estimate of drug-likeness (QED) is 0.748. The van der Waals surface area contributed by atoms with Crippen molar-refractivity contribution in [3.05, 3.63) is 0 Å². The second-order valence-corrected chi connectivity index (χ2v) is 3.93. The van der Waals surface area contributed by atoms with Crippen molar-refractivity contribution in [1.29, 1.82) is 5.26 Å². The van der Waals surface area contributed by atoms with Crippen molar-refractivity contribution in [3.8, 4) is 6.07 Å². The minimum Gasteiger partial charge on any atom is -0.358 e. The summed E-state index contributed by atoms with van der Waals surface area (Å²) in [7, 11) is 1.67. The number of likely N-dealkylation sites (N-methyl/N-ethyl adjacent to an activating group) is 1. The number of nitriles is 1. The van der Waals surface area contributed by atoms with Gasteiger partial charge in [-0.25, -0.2) is 0 Å². The molecule has 0 aromatic carbocycles. The molecule has 1 rings (SSSR count). The standard InChI is InChI=1S/C11H19N3O/c1-3-9(6-7-12)14-8-4-5-10(14)11(15)13-2/h9-10H,3-6,8H2,1-2H3,(H,13,15). The van der Waals surface area contributed by atoms with Crippen LogP contribution in [0.25, 0.3) is 0 Å². The predicted molar refractivity (Wildman–Crippen MR) is 58.1 cm³/mol. The van der Waals surface area contributed by atoms with Gasteiger partial charge in [-0.2, -0.15) is 5.26 Å². The zero-order chi connectivity index (χ0) is 11.3. The first-order chi connectivity index (χ1) is 7.24. The molecule has 1 N–H and O–H groups in total. The van der Waals surface area contributed by atoms with Gasteiger partial charge in [0, 0.05) is 13.1 Å². The fourth-order valence-corrected chi connectivity index (χ4v) is 2.28. The van der Waals surface area contributed by atoms with E-state index in [4.69, 9.17) is 5.26 Å². The Morgan fingerprint density at radius 2 is 2.47 bits per heavy atom. The molecule has 1 aliphatic rings. The van der Waals surface area contributed by atoms with Crippen LogP contribution in [-0.2, 0) is 4.79 Å². The molecule has 15 heavy (non-hydrogen) atoms. The highest BCUT2D eigenvalue weighted by molar-refractivity contribution is 5.81. The summed E-state index contributed by atoms with van der Waals surface area (Å²) in [5.74, 6) is 0.0869. The van der Waals surface area contributed by atoms with Crippen molar-refractivity contribution < 1.29 is 4.79 Å². The number of amides is 1. The Morgan fingerprint density at radius 1 is 1.73 bits per heavy atom. The van der Waals surface area contributed by atoms with Crippen LogP contribution in [0, 0.1) is 11.3 Å². The molecule has 4 heteroatoms. The van der Waals surface area contributed by atoms with E-state index in [2.05, 4.69) is 23.2 Å². The van der Waals surface area contributed by atoms with E-state index in [9.17, 15) is 4.79 Å². The first kappa shape index (κ1) is 12.0. The third kappa shape index (κ3) is 2.69. The summed E-state index contributed by atoms with van der Waals surface area (Å²) in [6, 6.07) is 2.42. The van der Waals surface area contributed by atoms with Crippen molar-refractivity contribution in [1.82, 2.24) is 10.2 Å². The maximum absolute atomic E-state index is 11.6. The Kier molecular flexibility index (Phi) is 4.57. The van der Waals surface area contributed by atoms with Crippen LogP contribution in [0.2, 0.25) is 0 Å². The minimum absolute atomic E-state index is 0.0201. The van der Waals surface area contributed by atoms with Crippen LogP contribution in [0.1, 0.15) is 32.6 Å². The summed E-state index contributed by atoms with van der Waals surface area (Å²) < 4.78 is 0. The lowest BCUT2D eigenvalue weighted by molar-refractivity contribution is -0.125. The number of carbonyl (C=O) groups excluding carboxylic acids is 1. The number of nitrogens with one attached hydrogen (secondary N) is 1. The molecule has 0 bridgehead atoms. The van der Waals surface area contributed by atoms with Gasteiger partial charge >= 0.3 is 0 Å². The minimum atomic E-state index is -0.0201. The Balaban J connectivity index is 2.66. The molecular weight excluding hydrogens is 190 g/mol. The number of likely N-dealkylation sites (tertiary alicyclic amines) is 1. The van der Waals surface area contributed by atoms with Crippen molar-refractivity contribution in [2.75, 3.05) is 13.6 Å². The highest BCUT2D eigenvalue weighted by Crippen LogP contribution is 2.23. The van der Waals surface area contributed by atoms with E-state index in [1.165, 1.54) is 0 Å². The molecule has 2 atom stereocenters. The van der Waals surface area contributed by atoms with Crippen LogP contribution in [0.3, 0.4) is 0 Å². The summed E-state index contributed by atoms with van der Waals surface area (Å²) in [6.07, 6.45) is 3.42. The molecule has 1 amide bonds. The maximum atomic E-state index is 11.6. The molecule has 0 spiro atoms. The third-order valence-corrected chi connectivity index (χ3v) is 3.11. The summed E-state index contributed by atoms with van der Waals surface area (Å²) in [4.78, 5) is 13.8. The second kappa shape index (κ2) is 5.72. The van der Waals surface area contributed by atoms with Gasteiger partial charge in [-0.1, -0.05) is 6.92 Å². The van der Waals surface area contributed by atoms with Crippen molar-refractivity contribution >= 4 is 5.91 Å². The van der Waals surface area contributed by atoms with Gasteiger partial charge in [-0.05, 0) is 25.8 Å².